The molecule has 0 atom stereocenters. The van der Waals surface area contributed by atoms with E-state index in [2.05, 4.69) is 4.90 Å². The second kappa shape index (κ2) is 9.57. The largest absolute Gasteiger partial charge is 0.452 e. The van der Waals surface area contributed by atoms with Crippen LogP contribution in [0.4, 0.5) is 5.69 Å². The van der Waals surface area contributed by atoms with Gasteiger partial charge in [-0.1, -0.05) is 35.9 Å². The van der Waals surface area contributed by atoms with Crippen LogP contribution in [0.15, 0.2) is 48.5 Å². The number of ether oxygens (including phenoxy) is 2. The fraction of sp³-hybridized carbons (Fsp3) is 0.333. The highest BCUT2D eigenvalue weighted by Crippen LogP contribution is 2.26. The molecule has 0 unspecified atom stereocenters. The number of para-hydroxylation sites is 1. The average Bonchev–Trinajstić information content (AvgIpc) is 2.73. The van der Waals surface area contributed by atoms with Crippen LogP contribution in [0.2, 0.25) is 5.02 Å². The van der Waals surface area contributed by atoms with E-state index in [-0.39, 0.29) is 12.5 Å². The van der Waals surface area contributed by atoms with E-state index in [0.29, 0.717) is 43.4 Å². The highest BCUT2D eigenvalue weighted by molar-refractivity contribution is 6.33. The van der Waals surface area contributed by atoms with Gasteiger partial charge in [0.05, 0.1) is 22.9 Å². The summed E-state index contributed by atoms with van der Waals surface area (Å²) in [5.74, 6) is -0.707. The number of benzene rings is 2. The number of anilines is 1. The van der Waals surface area contributed by atoms with Crippen LogP contribution in [-0.2, 0) is 20.9 Å². The Kier molecular flexibility index (Phi) is 6.90. The standard InChI is InChI=1S/C21H23ClN2O4/c1-27-14-16-5-4-6-17(13-16)21(26)28-15-20(25)24-11-9-23(10-12-24)19-8-3-2-7-18(19)22/h2-8,13H,9-12,14-15H2,1H3. The number of nitrogens with zero attached hydrogens (tertiary/aromatic N) is 2. The molecule has 0 aliphatic carbocycles. The fourth-order valence-electron chi connectivity index (χ4n) is 3.16. The van der Waals surface area contributed by atoms with Gasteiger partial charge in [-0.15, -0.1) is 0 Å². The first-order valence-corrected chi connectivity index (χ1v) is 9.48. The maximum Gasteiger partial charge on any atom is 0.338 e. The molecule has 1 aliphatic heterocycles. The fourth-order valence-corrected chi connectivity index (χ4v) is 3.42. The third kappa shape index (κ3) is 5.03. The maximum atomic E-state index is 12.4. The number of halogens is 1. The Bertz CT molecular complexity index is 835. The number of amides is 1. The Morgan fingerprint density at radius 2 is 1.79 bits per heavy atom. The molecule has 1 fully saturated rings. The number of hydrogen-bond acceptors (Lipinski definition) is 5. The molecule has 0 saturated carbocycles. The van der Waals surface area contributed by atoms with Crippen molar-refractivity contribution in [3.8, 4) is 0 Å². The molecule has 1 heterocycles. The summed E-state index contributed by atoms with van der Waals surface area (Å²) in [6.07, 6.45) is 0. The number of carbonyl (C=O) groups excluding carboxylic acids is 2. The quantitative estimate of drug-likeness (QED) is 0.695. The number of rotatable bonds is 6. The number of piperazine rings is 1. The van der Waals surface area contributed by atoms with Crippen molar-refractivity contribution in [1.29, 1.82) is 0 Å². The van der Waals surface area contributed by atoms with E-state index in [0.717, 1.165) is 11.3 Å². The lowest BCUT2D eigenvalue weighted by Crippen LogP contribution is -2.50. The van der Waals surface area contributed by atoms with E-state index in [1.54, 1.807) is 30.2 Å². The molecule has 0 bridgehead atoms. The van der Waals surface area contributed by atoms with E-state index in [1.807, 2.05) is 30.3 Å². The topological polar surface area (TPSA) is 59.1 Å². The summed E-state index contributed by atoms with van der Waals surface area (Å²) in [6.45, 7) is 2.63. The molecule has 1 saturated heterocycles. The second-order valence-corrected chi connectivity index (χ2v) is 6.94. The first-order chi connectivity index (χ1) is 13.6. The zero-order chi connectivity index (χ0) is 19.9. The van der Waals surface area contributed by atoms with Crippen molar-refractivity contribution in [2.45, 2.75) is 6.61 Å². The summed E-state index contributed by atoms with van der Waals surface area (Å²) in [5, 5.41) is 0.701. The predicted octanol–water partition coefficient (Wildman–Crippen LogP) is 2.99. The number of esters is 1. The monoisotopic (exact) mass is 402 g/mol. The molecule has 148 valence electrons. The number of hydrogen-bond donors (Lipinski definition) is 0. The lowest BCUT2D eigenvalue weighted by Gasteiger charge is -2.36. The highest BCUT2D eigenvalue weighted by Gasteiger charge is 2.23. The van der Waals surface area contributed by atoms with Crippen molar-refractivity contribution in [3.63, 3.8) is 0 Å². The Hall–Kier alpha value is -2.57. The third-order valence-corrected chi connectivity index (χ3v) is 4.95. The van der Waals surface area contributed by atoms with Gasteiger partial charge in [0, 0.05) is 33.3 Å². The van der Waals surface area contributed by atoms with E-state index in [1.165, 1.54) is 0 Å². The van der Waals surface area contributed by atoms with Crippen LogP contribution in [0.3, 0.4) is 0 Å². The smallest absolute Gasteiger partial charge is 0.338 e. The summed E-state index contributed by atoms with van der Waals surface area (Å²) in [5.41, 5.74) is 2.25. The van der Waals surface area contributed by atoms with Gasteiger partial charge < -0.3 is 19.3 Å². The zero-order valence-corrected chi connectivity index (χ0v) is 16.5. The molecule has 2 aromatic rings. The summed E-state index contributed by atoms with van der Waals surface area (Å²) in [4.78, 5) is 28.5. The van der Waals surface area contributed by atoms with Crippen LogP contribution in [0, 0.1) is 0 Å². The molecule has 6 nitrogen and oxygen atoms in total. The minimum atomic E-state index is -0.513. The Balaban J connectivity index is 1.49. The summed E-state index contributed by atoms with van der Waals surface area (Å²) < 4.78 is 10.3. The second-order valence-electron chi connectivity index (χ2n) is 6.53. The van der Waals surface area contributed by atoms with Gasteiger partial charge in [-0.25, -0.2) is 4.79 Å². The van der Waals surface area contributed by atoms with Gasteiger partial charge in [0.25, 0.3) is 5.91 Å². The van der Waals surface area contributed by atoms with Gasteiger partial charge in [0.1, 0.15) is 0 Å². The van der Waals surface area contributed by atoms with Gasteiger partial charge >= 0.3 is 5.97 Å². The molecule has 0 spiro atoms. The average molecular weight is 403 g/mol. The highest BCUT2D eigenvalue weighted by atomic mass is 35.5. The third-order valence-electron chi connectivity index (χ3n) is 4.63. The Morgan fingerprint density at radius 1 is 1.04 bits per heavy atom. The SMILES string of the molecule is COCc1cccc(C(=O)OCC(=O)N2CCN(c3ccccc3Cl)CC2)c1. The summed E-state index contributed by atoms with van der Waals surface area (Å²) >= 11 is 6.24. The van der Waals surface area contributed by atoms with E-state index in [9.17, 15) is 9.59 Å². The molecule has 1 amide bonds. The molecular weight excluding hydrogens is 380 g/mol. The van der Waals surface area contributed by atoms with Crippen LogP contribution < -0.4 is 4.90 Å². The molecule has 0 aromatic heterocycles. The molecule has 3 rings (SSSR count). The van der Waals surface area contributed by atoms with Crippen LogP contribution in [0.5, 0.6) is 0 Å². The first kappa shape index (κ1) is 20.2. The van der Waals surface area contributed by atoms with Crippen molar-refractivity contribution in [2.75, 3.05) is 44.8 Å². The van der Waals surface area contributed by atoms with Gasteiger partial charge in [-0.2, -0.15) is 0 Å². The van der Waals surface area contributed by atoms with Crippen LogP contribution >= 0.6 is 11.6 Å². The lowest BCUT2D eigenvalue weighted by molar-refractivity contribution is -0.134. The van der Waals surface area contributed by atoms with Crippen LogP contribution in [0.25, 0.3) is 0 Å². The minimum Gasteiger partial charge on any atom is -0.452 e. The van der Waals surface area contributed by atoms with Gasteiger partial charge in [0.2, 0.25) is 0 Å². The summed E-state index contributed by atoms with van der Waals surface area (Å²) in [6, 6.07) is 14.7. The molecule has 1 aliphatic rings. The van der Waals surface area contributed by atoms with Crippen molar-refractivity contribution in [1.82, 2.24) is 4.90 Å². The Labute approximate surface area is 169 Å². The molecule has 0 N–H and O–H groups in total. The molecule has 0 radical (unpaired) electrons. The van der Waals surface area contributed by atoms with Gasteiger partial charge in [-0.05, 0) is 29.8 Å². The lowest BCUT2D eigenvalue weighted by atomic mass is 10.1. The zero-order valence-electron chi connectivity index (χ0n) is 15.8. The van der Waals surface area contributed by atoms with Crippen LogP contribution in [-0.4, -0.2) is 56.7 Å². The van der Waals surface area contributed by atoms with E-state index >= 15 is 0 Å². The maximum absolute atomic E-state index is 12.4. The van der Waals surface area contributed by atoms with Crippen molar-refractivity contribution in [2.24, 2.45) is 0 Å². The number of carbonyl (C=O) groups is 2. The van der Waals surface area contributed by atoms with Crippen molar-refractivity contribution in [3.05, 3.63) is 64.7 Å². The van der Waals surface area contributed by atoms with Crippen LogP contribution in [0.1, 0.15) is 15.9 Å². The molecule has 2 aromatic carbocycles. The molecule has 7 heteroatoms. The van der Waals surface area contributed by atoms with Gasteiger partial charge in [0.15, 0.2) is 6.61 Å². The van der Waals surface area contributed by atoms with E-state index in [4.69, 9.17) is 21.1 Å². The normalized spacial score (nSPS) is 14.1. The summed E-state index contributed by atoms with van der Waals surface area (Å²) in [7, 11) is 1.59. The minimum absolute atomic E-state index is 0.194. The van der Waals surface area contributed by atoms with Gasteiger partial charge in [-0.3, -0.25) is 4.79 Å². The van der Waals surface area contributed by atoms with E-state index < -0.39 is 5.97 Å². The van der Waals surface area contributed by atoms with Crippen molar-refractivity contribution < 1.29 is 19.1 Å². The first-order valence-electron chi connectivity index (χ1n) is 9.10. The Morgan fingerprint density at radius 3 is 2.50 bits per heavy atom. The molecule has 28 heavy (non-hydrogen) atoms. The van der Waals surface area contributed by atoms with Crippen molar-refractivity contribution >= 4 is 29.2 Å². The predicted molar refractivity (Wildman–Crippen MR) is 108 cm³/mol. The molecular formula is C21H23ClN2O4. The number of methoxy groups -OCH3 is 1.